The van der Waals surface area contributed by atoms with Crippen molar-refractivity contribution in [1.82, 2.24) is 0 Å². The van der Waals surface area contributed by atoms with Gasteiger partial charge in [-0.1, -0.05) is 135 Å². The molecule has 0 N–H and O–H groups in total. The normalized spacial score (nSPS) is 10.8. The Morgan fingerprint density at radius 1 is 0.607 bits per heavy atom. The van der Waals surface area contributed by atoms with E-state index in [1.807, 2.05) is 0 Å². The molecule has 0 bridgehead atoms. The van der Waals surface area contributed by atoms with Crippen molar-refractivity contribution in [2.24, 2.45) is 0 Å². The summed E-state index contributed by atoms with van der Waals surface area (Å²) in [6.45, 7) is 6.05. The molecule has 0 amide bonds. The van der Waals surface area contributed by atoms with Crippen LogP contribution < -0.4 is 0 Å². The van der Waals surface area contributed by atoms with E-state index >= 15 is 0 Å². The molecule has 0 aliphatic rings. The fourth-order valence-corrected chi connectivity index (χ4v) is 3.61. The molecule has 0 aromatic rings. The molecule has 0 aliphatic carbocycles. The van der Waals surface area contributed by atoms with Crippen LogP contribution >= 0.6 is 0 Å². The minimum atomic E-state index is -0.646. The van der Waals surface area contributed by atoms with E-state index in [1.54, 1.807) is 0 Å². The Morgan fingerprint density at radius 2 is 0.929 bits per heavy atom. The van der Waals surface area contributed by atoms with Crippen LogP contribution in [0.1, 0.15) is 135 Å². The molecular formula is C25H48O3. The van der Waals surface area contributed by atoms with Crippen LogP contribution in [0.15, 0.2) is 12.8 Å². The maximum Gasteiger partial charge on any atom is 0.513 e. The van der Waals surface area contributed by atoms with Crippen LogP contribution in [-0.2, 0) is 9.47 Å². The molecule has 3 nitrogen and oxygen atoms in total. The Balaban J connectivity index is 3.03. The van der Waals surface area contributed by atoms with Gasteiger partial charge < -0.3 is 9.47 Å². The molecule has 0 unspecified atom stereocenters. The zero-order chi connectivity index (χ0) is 20.5. The lowest BCUT2D eigenvalue weighted by atomic mass is 10.0. The average Bonchev–Trinajstić information content (AvgIpc) is 2.69. The summed E-state index contributed by atoms with van der Waals surface area (Å²) in [5.41, 5.74) is 0. The fraction of sp³-hybridized carbons (Fsp3) is 0.880. The average molecular weight is 397 g/mol. The third kappa shape index (κ3) is 23.0. The molecule has 166 valence electrons. The van der Waals surface area contributed by atoms with E-state index in [0.717, 1.165) is 19.1 Å². The highest BCUT2D eigenvalue weighted by Crippen LogP contribution is 2.14. The summed E-state index contributed by atoms with van der Waals surface area (Å²) >= 11 is 0. The van der Waals surface area contributed by atoms with Crippen molar-refractivity contribution in [1.29, 1.82) is 0 Å². The van der Waals surface area contributed by atoms with Crippen LogP contribution in [0.25, 0.3) is 0 Å². The summed E-state index contributed by atoms with van der Waals surface area (Å²) < 4.78 is 9.38. The van der Waals surface area contributed by atoms with Gasteiger partial charge in [-0.3, -0.25) is 0 Å². The first-order chi connectivity index (χ1) is 13.8. The third-order valence-corrected chi connectivity index (χ3v) is 5.40. The van der Waals surface area contributed by atoms with Crippen molar-refractivity contribution in [2.75, 3.05) is 6.61 Å². The van der Waals surface area contributed by atoms with Gasteiger partial charge in [0.15, 0.2) is 0 Å². The predicted molar refractivity (Wildman–Crippen MR) is 121 cm³/mol. The zero-order valence-corrected chi connectivity index (χ0v) is 18.9. The van der Waals surface area contributed by atoms with Crippen LogP contribution in [0.4, 0.5) is 4.79 Å². The van der Waals surface area contributed by atoms with Crippen LogP contribution in [0.5, 0.6) is 0 Å². The van der Waals surface area contributed by atoms with Crippen molar-refractivity contribution in [3.05, 3.63) is 12.8 Å². The van der Waals surface area contributed by atoms with Crippen molar-refractivity contribution < 1.29 is 14.3 Å². The van der Waals surface area contributed by atoms with Gasteiger partial charge in [-0.15, -0.1) is 0 Å². The van der Waals surface area contributed by atoms with Gasteiger partial charge in [-0.2, -0.15) is 0 Å². The van der Waals surface area contributed by atoms with Crippen molar-refractivity contribution in [2.45, 2.75) is 135 Å². The Morgan fingerprint density at radius 3 is 1.25 bits per heavy atom. The van der Waals surface area contributed by atoms with Gasteiger partial charge in [0.2, 0.25) is 0 Å². The van der Waals surface area contributed by atoms with Gasteiger partial charge in [0.25, 0.3) is 0 Å². The number of carbonyl (C=O) groups is 1. The molecule has 0 radical (unpaired) electrons. The van der Waals surface area contributed by atoms with E-state index in [1.165, 1.54) is 116 Å². The Hall–Kier alpha value is -0.990. The maximum atomic E-state index is 10.9. The van der Waals surface area contributed by atoms with E-state index in [-0.39, 0.29) is 0 Å². The SMILES string of the molecule is C=COC(=O)OCCCCCCCCCCCCCCCCCCCCCC. The quantitative estimate of drug-likeness (QED) is 0.104. The Labute approximate surface area is 175 Å². The molecule has 0 rings (SSSR count). The molecule has 28 heavy (non-hydrogen) atoms. The molecule has 0 aliphatic heterocycles. The second-order valence-electron chi connectivity index (χ2n) is 8.10. The smallest absolute Gasteiger partial charge is 0.434 e. The van der Waals surface area contributed by atoms with E-state index in [9.17, 15) is 4.79 Å². The summed E-state index contributed by atoms with van der Waals surface area (Å²) in [6, 6.07) is 0. The van der Waals surface area contributed by atoms with Crippen LogP contribution in [0.3, 0.4) is 0 Å². The highest BCUT2D eigenvalue weighted by Gasteiger charge is 2.00. The molecule has 0 atom stereocenters. The minimum absolute atomic E-state index is 0.450. The molecule has 0 fully saturated rings. The molecule has 3 heteroatoms. The van der Waals surface area contributed by atoms with Gasteiger partial charge in [0, 0.05) is 0 Å². The number of carbonyl (C=O) groups excluding carboxylic acids is 1. The number of ether oxygens (including phenoxy) is 2. The molecule has 0 heterocycles. The van der Waals surface area contributed by atoms with Gasteiger partial charge in [0.1, 0.15) is 0 Å². The largest absolute Gasteiger partial charge is 0.513 e. The lowest BCUT2D eigenvalue weighted by Gasteiger charge is -2.04. The molecular weight excluding hydrogens is 348 g/mol. The summed E-state index contributed by atoms with van der Waals surface area (Å²) in [4.78, 5) is 10.9. The summed E-state index contributed by atoms with van der Waals surface area (Å²) in [7, 11) is 0. The third-order valence-electron chi connectivity index (χ3n) is 5.40. The Bertz CT molecular complexity index is 328. The maximum absolute atomic E-state index is 10.9. The number of hydrogen-bond acceptors (Lipinski definition) is 3. The van der Waals surface area contributed by atoms with Crippen LogP contribution in [-0.4, -0.2) is 12.8 Å². The second-order valence-corrected chi connectivity index (χ2v) is 8.10. The number of rotatable bonds is 22. The van der Waals surface area contributed by atoms with Crippen molar-refractivity contribution >= 4 is 6.16 Å². The number of hydrogen-bond donors (Lipinski definition) is 0. The summed E-state index contributed by atoms with van der Waals surface area (Å²) in [5.74, 6) is 0. The highest BCUT2D eigenvalue weighted by atomic mass is 16.7. The Kier molecular flexibility index (Phi) is 23.2. The fourth-order valence-electron chi connectivity index (χ4n) is 3.61. The monoisotopic (exact) mass is 396 g/mol. The molecule has 0 saturated heterocycles. The predicted octanol–water partition coefficient (Wildman–Crippen LogP) is 9.11. The summed E-state index contributed by atoms with van der Waals surface area (Å²) in [6.07, 6.45) is 27.8. The minimum Gasteiger partial charge on any atom is -0.434 e. The molecule has 0 spiro atoms. The van der Waals surface area contributed by atoms with E-state index in [2.05, 4.69) is 18.2 Å². The first-order valence-corrected chi connectivity index (χ1v) is 12.3. The highest BCUT2D eigenvalue weighted by molar-refractivity contribution is 5.60. The standard InChI is InChI=1S/C25H48O3/c1-3-5-6-7-8-9-10-11-12-13-14-15-16-17-18-19-20-21-22-23-24-28-25(26)27-4-2/h4H,2-3,5-24H2,1H3. The zero-order valence-electron chi connectivity index (χ0n) is 18.9. The van der Waals surface area contributed by atoms with Crippen molar-refractivity contribution in [3.8, 4) is 0 Å². The first kappa shape index (κ1) is 27.0. The van der Waals surface area contributed by atoms with Gasteiger partial charge in [0.05, 0.1) is 12.9 Å². The van der Waals surface area contributed by atoms with Gasteiger partial charge in [-0.05, 0) is 6.42 Å². The van der Waals surface area contributed by atoms with Crippen LogP contribution in [0, 0.1) is 0 Å². The molecule has 0 saturated carbocycles. The topological polar surface area (TPSA) is 35.5 Å². The van der Waals surface area contributed by atoms with Gasteiger partial charge >= 0.3 is 6.16 Å². The number of unbranched alkanes of at least 4 members (excludes halogenated alkanes) is 19. The van der Waals surface area contributed by atoms with E-state index in [4.69, 9.17) is 4.74 Å². The van der Waals surface area contributed by atoms with E-state index in [0.29, 0.717) is 6.61 Å². The van der Waals surface area contributed by atoms with E-state index < -0.39 is 6.16 Å². The first-order valence-electron chi connectivity index (χ1n) is 12.3. The molecule has 0 aromatic heterocycles. The van der Waals surface area contributed by atoms with Crippen LogP contribution in [0.2, 0.25) is 0 Å². The molecule has 0 aromatic carbocycles. The van der Waals surface area contributed by atoms with Gasteiger partial charge in [-0.25, -0.2) is 4.79 Å². The lowest BCUT2D eigenvalue weighted by molar-refractivity contribution is 0.0833. The summed E-state index contributed by atoms with van der Waals surface area (Å²) in [5, 5.41) is 0. The van der Waals surface area contributed by atoms with Crippen molar-refractivity contribution in [3.63, 3.8) is 0 Å². The second kappa shape index (κ2) is 24.0. The lowest BCUT2D eigenvalue weighted by Crippen LogP contribution is -2.04.